The molecular weight excluding hydrogens is 556 g/mol. The van der Waals surface area contributed by atoms with Gasteiger partial charge in [-0.1, -0.05) is 54.6 Å². The highest BCUT2D eigenvalue weighted by atomic mass is 19.1. The van der Waals surface area contributed by atoms with Crippen LogP contribution in [0.5, 0.6) is 5.75 Å². The van der Waals surface area contributed by atoms with Crippen LogP contribution >= 0.6 is 0 Å². The standard InChI is InChI=1S/C33H35F2N3O5/c1-20-12-10-16-25(34)24(20)18-37-21(2)28(23-15-11-17-27(42-6)29(23)35)30(39)38(32(37)41)19-26(22-13-8-7-9-14-22)36-31(40)43-33(3,4)5/h7-17,26H,18-19H2,1-6H3,(H,36,40)/t26-/m0/s1. The lowest BCUT2D eigenvalue weighted by molar-refractivity contribution is 0.0497. The Labute approximate surface area is 248 Å². The second kappa shape index (κ2) is 12.6. The van der Waals surface area contributed by atoms with E-state index in [9.17, 15) is 18.8 Å². The van der Waals surface area contributed by atoms with Crippen molar-refractivity contribution in [2.45, 2.75) is 59.4 Å². The molecule has 1 aromatic heterocycles. The van der Waals surface area contributed by atoms with Crippen molar-refractivity contribution in [3.05, 3.63) is 122 Å². The number of aromatic nitrogens is 2. The Morgan fingerprint density at radius 2 is 1.60 bits per heavy atom. The number of benzene rings is 3. The van der Waals surface area contributed by atoms with Crippen molar-refractivity contribution in [3.63, 3.8) is 0 Å². The topological polar surface area (TPSA) is 91.6 Å². The number of alkyl carbamates (subject to hydrolysis) is 1. The monoisotopic (exact) mass is 591 g/mol. The predicted octanol–water partition coefficient (Wildman–Crippen LogP) is 5.89. The number of amides is 1. The van der Waals surface area contributed by atoms with Crippen molar-refractivity contribution in [3.8, 4) is 16.9 Å². The number of rotatable bonds is 8. The Hall–Kier alpha value is -4.73. The predicted molar refractivity (Wildman–Crippen MR) is 160 cm³/mol. The van der Waals surface area contributed by atoms with Crippen LogP contribution in [0.1, 0.15) is 49.2 Å². The zero-order chi connectivity index (χ0) is 31.5. The van der Waals surface area contributed by atoms with Gasteiger partial charge in [0.15, 0.2) is 11.6 Å². The first-order valence-corrected chi connectivity index (χ1v) is 13.8. The molecular formula is C33H35F2N3O5. The summed E-state index contributed by atoms with van der Waals surface area (Å²) in [6.45, 7) is 7.86. The summed E-state index contributed by atoms with van der Waals surface area (Å²) in [6, 6.07) is 16.9. The lowest BCUT2D eigenvalue weighted by Gasteiger charge is -2.25. The molecule has 1 N–H and O–H groups in total. The summed E-state index contributed by atoms with van der Waals surface area (Å²) in [7, 11) is 1.31. The van der Waals surface area contributed by atoms with Gasteiger partial charge in [-0.2, -0.15) is 0 Å². The number of carbonyl (C=O) groups is 1. The molecule has 1 atom stereocenters. The highest BCUT2D eigenvalue weighted by Crippen LogP contribution is 2.29. The fraction of sp³-hybridized carbons (Fsp3) is 0.303. The van der Waals surface area contributed by atoms with E-state index < -0.39 is 40.6 Å². The molecule has 4 rings (SSSR count). The number of carbonyl (C=O) groups excluding carboxylic acids is 1. The molecule has 0 spiro atoms. The SMILES string of the molecule is COc1cccc(-c2c(C)n(Cc3c(C)cccc3F)c(=O)n(C[C@H](NC(=O)OC(C)(C)C)c3ccccc3)c2=O)c1F. The molecule has 43 heavy (non-hydrogen) atoms. The van der Waals surface area contributed by atoms with E-state index >= 15 is 4.39 Å². The minimum absolute atomic E-state index is 0.0778. The van der Waals surface area contributed by atoms with E-state index in [-0.39, 0.29) is 41.2 Å². The number of hydrogen-bond acceptors (Lipinski definition) is 5. The molecule has 4 aromatic rings. The molecule has 0 aliphatic heterocycles. The maximum Gasteiger partial charge on any atom is 0.408 e. The first-order valence-electron chi connectivity index (χ1n) is 13.8. The number of methoxy groups -OCH3 is 1. The van der Waals surface area contributed by atoms with Crippen LogP contribution in [0.15, 0.2) is 76.3 Å². The van der Waals surface area contributed by atoms with Crippen molar-refractivity contribution >= 4 is 6.09 Å². The largest absolute Gasteiger partial charge is 0.494 e. The van der Waals surface area contributed by atoms with Gasteiger partial charge in [0.1, 0.15) is 11.4 Å². The molecule has 10 heteroatoms. The summed E-state index contributed by atoms with van der Waals surface area (Å²) in [6.07, 6.45) is -0.747. The normalized spacial score (nSPS) is 12.1. The maximum absolute atomic E-state index is 15.6. The number of ether oxygens (including phenoxy) is 2. The molecule has 1 heterocycles. The summed E-state index contributed by atoms with van der Waals surface area (Å²) < 4.78 is 43.3. The first-order chi connectivity index (χ1) is 20.3. The Kier molecular flexibility index (Phi) is 9.18. The van der Waals surface area contributed by atoms with Crippen LogP contribution in [0.4, 0.5) is 13.6 Å². The lowest BCUT2D eigenvalue weighted by Crippen LogP contribution is -2.46. The molecule has 0 aliphatic carbocycles. The van der Waals surface area contributed by atoms with Gasteiger partial charge in [-0.05, 0) is 57.9 Å². The molecule has 0 bridgehead atoms. The van der Waals surface area contributed by atoms with Gasteiger partial charge in [-0.3, -0.25) is 13.9 Å². The fourth-order valence-corrected chi connectivity index (χ4v) is 4.90. The third-order valence-electron chi connectivity index (χ3n) is 7.07. The van der Waals surface area contributed by atoms with Crippen LogP contribution in [-0.4, -0.2) is 27.9 Å². The highest BCUT2D eigenvalue weighted by Gasteiger charge is 2.26. The second-order valence-electron chi connectivity index (χ2n) is 11.2. The minimum atomic E-state index is -0.879. The summed E-state index contributed by atoms with van der Waals surface area (Å²) >= 11 is 0. The molecule has 0 radical (unpaired) electrons. The molecule has 0 saturated heterocycles. The van der Waals surface area contributed by atoms with Crippen molar-refractivity contribution in [2.75, 3.05) is 7.11 Å². The summed E-state index contributed by atoms with van der Waals surface area (Å²) in [5.74, 6) is -1.39. The van der Waals surface area contributed by atoms with E-state index in [4.69, 9.17) is 9.47 Å². The summed E-state index contributed by atoms with van der Waals surface area (Å²) in [4.78, 5) is 41.0. The Balaban J connectivity index is 1.96. The third-order valence-corrected chi connectivity index (χ3v) is 7.07. The van der Waals surface area contributed by atoms with Gasteiger partial charge in [0.25, 0.3) is 5.56 Å². The maximum atomic E-state index is 15.6. The van der Waals surface area contributed by atoms with Crippen LogP contribution in [0.2, 0.25) is 0 Å². The summed E-state index contributed by atoms with van der Waals surface area (Å²) in [5.41, 5.74) is -0.878. The zero-order valence-corrected chi connectivity index (χ0v) is 25.0. The van der Waals surface area contributed by atoms with Gasteiger partial charge < -0.3 is 14.8 Å². The molecule has 226 valence electrons. The van der Waals surface area contributed by atoms with E-state index in [0.717, 1.165) is 4.57 Å². The van der Waals surface area contributed by atoms with Crippen molar-refractivity contribution in [1.82, 2.24) is 14.5 Å². The Morgan fingerprint density at radius 3 is 2.23 bits per heavy atom. The number of nitrogens with zero attached hydrogens (tertiary/aromatic N) is 2. The molecule has 0 saturated carbocycles. The molecule has 0 unspecified atom stereocenters. The van der Waals surface area contributed by atoms with Gasteiger partial charge in [-0.15, -0.1) is 0 Å². The van der Waals surface area contributed by atoms with E-state index in [0.29, 0.717) is 11.1 Å². The molecule has 0 aliphatic rings. The van der Waals surface area contributed by atoms with Gasteiger partial charge in [0, 0.05) is 16.8 Å². The highest BCUT2D eigenvalue weighted by molar-refractivity contribution is 5.69. The van der Waals surface area contributed by atoms with E-state index in [1.807, 2.05) is 0 Å². The Morgan fingerprint density at radius 1 is 0.930 bits per heavy atom. The minimum Gasteiger partial charge on any atom is -0.494 e. The van der Waals surface area contributed by atoms with Crippen molar-refractivity contribution in [1.29, 1.82) is 0 Å². The van der Waals surface area contributed by atoms with Crippen LogP contribution in [0.3, 0.4) is 0 Å². The van der Waals surface area contributed by atoms with E-state index in [2.05, 4.69) is 5.32 Å². The first kappa shape index (κ1) is 31.2. The van der Waals surface area contributed by atoms with Gasteiger partial charge in [-0.25, -0.2) is 18.4 Å². The second-order valence-corrected chi connectivity index (χ2v) is 11.2. The van der Waals surface area contributed by atoms with Gasteiger partial charge >= 0.3 is 11.8 Å². The average Bonchev–Trinajstić information content (AvgIpc) is 2.94. The smallest absolute Gasteiger partial charge is 0.408 e. The fourth-order valence-electron chi connectivity index (χ4n) is 4.90. The zero-order valence-electron chi connectivity index (χ0n) is 25.0. The van der Waals surface area contributed by atoms with Gasteiger partial charge in [0.05, 0.1) is 31.8 Å². The van der Waals surface area contributed by atoms with Crippen LogP contribution in [0.25, 0.3) is 11.1 Å². The van der Waals surface area contributed by atoms with Crippen LogP contribution in [-0.2, 0) is 17.8 Å². The average molecular weight is 592 g/mol. The third kappa shape index (κ3) is 6.85. The van der Waals surface area contributed by atoms with Crippen molar-refractivity contribution < 1.29 is 23.0 Å². The number of aryl methyl sites for hydroxylation is 1. The number of hydrogen-bond donors (Lipinski definition) is 1. The van der Waals surface area contributed by atoms with Crippen LogP contribution in [0, 0.1) is 25.5 Å². The van der Waals surface area contributed by atoms with Gasteiger partial charge in [0.2, 0.25) is 0 Å². The van der Waals surface area contributed by atoms with E-state index in [1.165, 1.54) is 42.9 Å². The van der Waals surface area contributed by atoms with E-state index in [1.54, 1.807) is 70.2 Å². The summed E-state index contributed by atoms with van der Waals surface area (Å²) in [5, 5.41) is 2.76. The van der Waals surface area contributed by atoms with Crippen molar-refractivity contribution in [2.24, 2.45) is 0 Å². The lowest BCUT2D eigenvalue weighted by atomic mass is 10.0. The molecule has 0 fully saturated rings. The number of halogens is 2. The molecule has 3 aromatic carbocycles. The Bertz CT molecular complexity index is 1740. The quantitative estimate of drug-likeness (QED) is 0.276. The number of nitrogens with one attached hydrogen (secondary N) is 1. The molecule has 8 nitrogen and oxygen atoms in total. The molecule has 1 amide bonds. The van der Waals surface area contributed by atoms with Crippen LogP contribution < -0.4 is 21.3 Å².